The van der Waals surface area contributed by atoms with Gasteiger partial charge in [-0.25, -0.2) is 9.59 Å². The lowest BCUT2D eigenvalue weighted by atomic mass is 9.81. The number of ether oxygens (including phenoxy) is 2. The minimum Gasteiger partial charge on any atom is -0.423 e. The maximum absolute atomic E-state index is 12.0. The van der Waals surface area contributed by atoms with Gasteiger partial charge in [0.2, 0.25) is 0 Å². The molecular weight excluding hydrogens is 643 g/mol. The van der Waals surface area contributed by atoms with Gasteiger partial charge in [0.25, 0.3) is 0 Å². The summed E-state index contributed by atoms with van der Waals surface area (Å²) in [6.07, 6.45) is 9.80. The van der Waals surface area contributed by atoms with Crippen LogP contribution < -0.4 is 14.4 Å². The zero-order chi connectivity index (χ0) is 35.8. The van der Waals surface area contributed by atoms with Crippen LogP contribution in [0, 0.1) is 0 Å². The highest BCUT2D eigenvalue weighted by atomic mass is 16.5. The van der Waals surface area contributed by atoms with Crippen LogP contribution in [0.3, 0.4) is 0 Å². The predicted molar refractivity (Wildman–Crippen MR) is 210 cm³/mol. The number of nitrogens with zero attached hydrogens (tertiary/aromatic N) is 1. The average molecular weight is 678 g/mol. The number of carbonyl (C=O) groups excluding carboxylic acids is 2. The third-order valence-corrected chi connectivity index (χ3v) is 9.62. The number of rotatable bonds is 9. The summed E-state index contributed by atoms with van der Waals surface area (Å²) >= 11 is 0. The van der Waals surface area contributed by atoms with Crippen LogP contribution in [-0.2, 0) is 22.4 Å². The van der Waals surface area contributed by atoms with Gasteiger partial charge in [-0.15, -0.1) is 0 Å². The van der Waals surface area contributed by atoms with E-state index in [0.717, 1.165) is 58.2 Å². The van der Waals surface area contributed by atoms with Crippen molar-refractivity contribution in [1.82, 2.24) is 0 Å². The Bertz CT molecular complexity index is 2450. The van der Waals surface area contributed by atoms with E-state index in [4.69, 9.17) is 9.47 Å². The fourth-order valence-electron chi connectivity index (χ4n) is 7.03. The summed E-state index contributed by atoms with van der Waals surface area (Å²) in [5, 5.41) is 2.59. The van der Waals surface area contributed by atoms with E-state index in [1.165, 1.54) is 33.0 Å². The van der Waals surface area contributed by atoms with Crippen molar-refractivity contribution >= 4 is 45.3 Å². The van der Waals surface area contributed by atoms with Gasteiger partial charge in [-0.3, -0.25) is 0 Å². The quantitative estimate of drug-likeness (QED) is 0.0866. The molecule has 0 aromatic heterocycles. The van der Waals surface area contributed by atoms with Crippen LogP contribution in [0.5, 0.6) is 11.5 Å². The second kappa shape index (κ2) is 13.5. The van der Waals surface area contributed by atoms with Crippen LogP contribution >= 0.6 is 0 Å². The van der Waals surface area contributed by atoms with Crippen molar-refractivity contribution in [2.24, 2.45) is 0 Å². The Balaban J connectivity index is 1.18. The maximum atomic E-state index is 12.0. The number of hydrogen-bond acceptors (Lipinski definition) is 5. The van der Waals surface area contributed by atoms with E-state index >= 15 is 0 Å². The van der Waals surface area contributed by atoms with E-state index < -0.39 is 11.9 Å². The fourth-order valence-corrected chi connectivity index (χ4v) is 7.03. The molecule has 2 aliphatic rings. The van der Waals surface area contributed by atoms with Gasteiger partial charge in [0.15, 0.2) is 0 Å². The molecular formula is C47H35NO4. The van der Waals surface area contributed by atoms with Gasteiger partial charge in [0.1, 0.15) is 11.5 Å². The molecule has 0 saturated heterocycles. The standard InChI is InChI=1S/C47H35NO4/c1-4-44(49)51-40-24-14-33(15-25-40)31-10-20-38(21-11-31)48(39-22-12-32(13-23-39)34-16-26-41(27-17-34)52-47(50)30(2)3)43-29-19-37-9-8-35-6-5-7-36-18-28-42(43)46(37)45(35)36/h4-5,7-27,29H,1-2,6,28H2,3H3. The van der Waals surface area contributed by atoms with Crippen molar-refractivity contribution in [1.29, 1.82) is 0 Å². The highest BCUT2D eigenvalue weighted by molar-refractivity contribution is 6.05. The summed E-state index contributed by atoms with van der Waals surface area (Å²) in [4.78, 5) is 26.0. The van der Waals surface area contributed by atoms with Crippen LogP contribution in [0.1, 0.15) is 23.6 Å². The average Bonchev–Trinajstić information content (AvgIpc) is 3.18. The van der Waals surface area contributed by atoms with Gasteiger partial charge < -0.3 is 14.4 Å². The minimum absolute atomic E-state index is 0.356. The number of esters is 2. The fraction of sp³-hybridized carbons (Fsp3) is 0.0638. The van der Waals surface area contributed by atoms with E-state index in [1.54, 1.807) is 31.2 Å². The second-order valence-electron chi connectivity index (χ2n) is 13.0. The third-order valence-electron chi connectivity index (χ3n) is 9.62. The zero-order valence-electron chi connectivity index (χ0n) is 28.8. The third kappa shape index (κ3) is 6.14. The van der Waals surface area contributed by atoms with E-state index in [9.17, 15) is 9.59 Å². The van der Waals surface area contributed by atoms with E-state index in [1.807, 2.05) is 24.3 Å². The molecule has 6 aromatic rings. The molecule has 0 fully saturated rings. The molecule has 252 valence electrons. The first-order valence-electron chi connectivity index (χ1n) is 17.2. The van der Waals surface area contributed by atoms with Crippen molar-refractivity contribution in [3.63, 3.8) is 0 Å². The van der Waals surface area contributed by atoms with Gasteiger partial charge in [0.05, 0.1) is 5.69 Å². The van der Waals surface area contributed by atoms with Crippen LogP contribution in [-0.4, -0.2) is 11.9 Å². The lowest BCUT2D eigenvalue weighted by Crippen LogP contribution is -2.14. The SMILES string of the molecule is C=CC(=O)Oc1ccc(-c2ccc(N(c3ccc(-c4ccc(OC(=O)C(=C)C)cc4)cc3)c3ccc4ccc5c6c4c3CC=C6C=CC5)cc2)cc1. The molecule has 5 heteroatoms. The summed E-state index contributed by atoms with van der Waals surface area (Å²) in [7, 11) is 0. The molecule has 6 aromatic carbocycles. The molecule has 0 aliphatic heterocycles. The van der Waals surface area contributed by atoms with Crippen molar-refractivity contribution < 1.29 is 19.1 Å². The molecule has 0 bridgehead atoms. The smallest absolute Gasteiger partial charge is 0.338 e. The van der Waals surface area contributed by atoms with Crippen LogP contribution in [0.4, 0.5) is 17.1 Å². The molecule has 2 aliphatic carbocycles. The number of hydrogen-bond donors (Lipinski definition) is 0. The van der Waals surface area contributed by atoms with Crippen molar-refractivity contribution in [2.45, 2.75) is 19.8 Å². The number of anilines is 3. The van der Waals surface area contributed by atoms with Crippen LogP contribution in [0.25, 0.3) is 38.6 Å². The van der Waals surface area contributed by atoms with Crippen LogP contribution in [0.15, 0.2) is 164 Å². The van der Waals surface area contributed by atoms with E-state index in [0.29, 0.717) is 17.1 Å². The highest BCUT2D eigenvalue weighted by Crippen LogP contribution is 2.46. The van der Waals surface area contributed by atoms with Gasteiger partial charge >= 0.3 is 11.9 Å². The first-order valence-corrected chi connectivity index (χ1v) is 17.2. The maximum Gasteiger partial charge on any atom is 0.338 e. The van der Waals surface area contributed by atoms with Gasteiger partial charge in [0, 0.05) is 23.0 Å². The number of carbonyl (C=O) groups is 2. The Morgan fingerprint density at radius 2 is 1.21 bits per heavy atom. The normalized spacial score (nSPS) is 12.5. The predicted octanol–water partition coefficient (Wildman–Crippen LogP) is 11.3. The van der Waals surface area contributed by atoms with Crippen molar-refractivity contribution in [2.75, 3.05) is 4.90 Å². The Morgan fingerprint density at radius 3 is 1.77 bits per heavy atom. The molecule has 0 saturated carbocycles. The Kier molecular flexibility index (Phi) is 8.46. The van der Waals surface area contributed by atoms with E-state index in [-0.39, 0.29) is 0 Å². The molecule has 0 spiro atoms. The van der Waals surface area contributed by atoms with Crippen LogP contribution in [0.2, 0.25) is 0 Å². The summed E-state index contributed by atoms with van der Waals surface area (Å²) in [5.41, 5.74) is 13.0. The zero-order valence-corrected chi connectivity index (χ0v) is 28.8. The first kappa shape index (κ1) is 32.5. The molecule has 0 heterocycles. The molecule has 0 radical (unpaired) electrons. The van der Waals surface area contributed by atoms with Crippen molar-refractivity contribution in [3.8, 4) is 33.8 Å². The number of allylic oxidation sites excluding steroid dienone is 4. The Hall–Kier alpha value is -6.72. The molecule has 0 atom stereocenters. The summed E-state index contributed by atoms with van der Waals surface area (Å²) in [6, 6.07) is 41.1. The molecule has 0 N–H and O–H groups in total. The lowest BCUT2D eigenvalue weighted by Gasteiger charge is -2.31. The van der Waals surface area contributed by atoms with Gasteiger partial charge in [-0.1, -0.05) is 98.1 Å². The number of benzene rings is 6. The molecule has 0 amide bonds. The first-order chi connectivity index (χ1) is 25.4. The van der Waals surface area contributed by atoms with Crippen molar-refractivity contribution in [3.05, 3.63) is 181 Å². The Labute approximate surface area is 303 Å². The monoisotopic (exact) mass is 677 g/mol. The summed E-state index contributed by atoms with van der Waals surface area (Å²) < 4.78 is 10.7. The molecule has 8 rings (SSSR count). The lowest BCUT2D eigenvalue weighted by molar-refractivity contribution is -0.130. The second-order valence-corrected chi connectivity index (χ2v) is 13.0. The van der Waals surface area contributed by atoms with Gasteiger partial charge in [-0.05, 0) is 130 Å². The Morgan fingerprint density at radius 1 is 0.673 bits per heavy atom. The highest BCUT2D eigenvalue weighted by Gasteiger charge is 2.25. The summed E-state index contributed by atoms with van der Waals surface area (Å²) in [6.45, 7) is 8.76. The largest absolute Gasteiger partial charge is 0.423 e. The van der Waals surface area contributed by atoms with Gasteiger partial charge in [-0.2, -0.15) is 0 Å². The molecule has 0 unspecified atom stereocenters. The minimum atomic E-state index is -0.485. The summed E-state index contributed by atoms with van der Waals surface area (Å²) in [5.74, 6) is 0.0321. The molecule has 52 heavy (non-hydrogen) atoms. The molecule has 5 nitrogen and oxygen atoms in total. The topological polar surface area (TPSA) is 55.8 Å². The van der Waals surface area contributed by atoms with E-state index in [2.05, 4.69) is 109 Å².